The van der Waals surface area contributed by atoms with Crippen LogP contribution in [0.2, 0.25) is 0 Å². The SMILES string of the molecule is O=[N+]([O-])c1ccc2c(c1Oc1ccc(-c3ccccc3)cc1)CCC2O. The maximum atomic E-state index is 11.4. The molecule has 0 saturated heterocycles. The van der Waals surface area contributed by atoms with Gasteiger partial charge < -0.3 is 9.84 Å². The van der Waals surface area contributed by atoms with Gasteiger partial charge in [-0.05, 0) is 47.7 Å². The highest BCUT2D eigenvalue weighted by Crippen LogP contribution is 2.44. The van der Waals surface area contributed by atoms with Crippen LogP contribution in [0, 0.1) is 10.1 Å². The first-order valence-corrected chi connectivity index (χ1v) is 8.45. The van der Waals surface area contributed by atoms with Crippen LogP contribution in [0.5, 0.6) is 11.5 Å². The lowest BCUT2D eigenvalue weighted by molar-refractivity contribution is -0.385. The van der Waals surface area contributed by atoms with Crippen molar-refractivity contribution in [3.05, 3.63) is 88.0 Å². The highest BCUT2D eigenvalue weighted by molar-refractivity contribution is 5.64. The lowest BCUT2D eigenvalue weighted by atomic mass is 10.1. The van der Waals surface area contributed by atoms with Gasteiger partial charge in [-0.3, -0.25) is 10.1 Å². The van der Waals surface area contributed by atoms with E-state index in [1.165, 1.54) is 6.07 Å². The fourth-order valence-corrected chi connectivity index (χ4v) is 3.36. The van der Waals surface area contributed by atoms with Crippen LogP contribution in [0.15, 0.2) is 66.7 Å². The summed E-state index contributed by atoms with van der Waals surface area (Å²) in [7, 11) is 0. The minimum atomic E-state index is -0.589. The van der Waals surface area contributed by atoms with Crippen LogP contribution in [0.1, 0.15) is 23.7 Å². The molecule has 5 heteroatoms. The quantitative estimate of drug-likeness (QED) is 0.530. The highest BCUT2D eigenvalue weighted by Gasteiger charge is 2.30. The summed E-state index contributed by atoms with van der Waals surface area (Å²) in [4.78, 5) is 10.9. The number of aliphatic hydroxyl groups excluding tert-OH is 1. The van der Waals surface area contributed by atoms with E-state index in [9.17, 15) is 15.2 Å². The van der Waals surface area contributed by atoms with Crippen LogP contribution in [-0.2, 0) is 6.42 Å². The van der Waals surface area contributed by atoms with Crippen molar-refractivity contribution in [1.29, 1.82) is 0 Å². The van der Waals surface area contributed by atoms with Crippen LogP contribution >= 0.6 is 0 Å². The number of aliphatic hydroxyl groups is 1. The Morgan fingerprint density at radius 2 is 1.65 bits per heavy atom. The Morgan fingerprint density at radius 1 is 0.962 bits per heavy atom. The Labute approximate surface area is 150 Å². The molecular formula is C21H17NO4. The first kappa shape index (κ1) is 16.3. The lowest BCUT2D eigenvalue weighted by Crippen LogP contribution is -1.99. The fourth-order valence-electron chi connectivity index (χ4n) is 3.36. The molecule has 1 N–H and O–H groups in total. The number of nitro benzene ring substituents is 1. The third-order valence-electron chi connectivity index (χ3n) is 4.68. The zero-order chi connectivity index (χ0) is 18.1. The van der Waals surface area contributed by atoms with Crippen molar-refractivity contribution in [2.45, 2.75) is 18.9 Å². The Bertz CT molecular complexity index is 952. The molecule has 0 spiro atoms. The number of nitrogens with zero attached hydrogens (tertiary/aromatic N) is 1. The molecule has 0 bridgehead atoms. The lowest BCUT2D eigenvalue weighted by Gasteiger charge is -2.12. The van der Waals surface area contributed by atoms with E-state index in [0.717, 1.165) is 16.7 Å². The predicted octanol–water partition coefficient (Wildman–Crippen LogP) is 5.03. The molecule has 4 rings (SSSR count). The molecule has 5 nitrogen and oxygen atoms in total. The summed E-state index contributed by atoms with van der Waals surface area (Å²) >= 11 is 0. The first-order valence-electron chi connectivity index (χ1n) is 8.45. The minimum absolute atomic E-state index is 0.0787. The molecule has 1 atom stereocenters. The Morgan fingerprint density at radius 3 is 2.35 bits per heavy atom. The Hall–Kier alpha value is -3.18. The molecule has 0 heterocycles. The molecule has 3 aromatic carbocycles. The standard InChI is InChI=1S/C21H17NO4/c23-20-13-11-18-17(20)10-12-19(22(24)25)21(18)26-16-8-6-15(7-9-16)14-4-2-1-3-5-14/h1-10,12,20,23H,11,13H2. The Kier molecular flexibility index (Phi) is 4.14. The molecule has 0 fully saturated rings. The molecule has 0 amide bonds. The van der Waals surface area contributed by atoms with Gasteiger partial charge in [0, 0.05) is 11.6 Å². The third-order valence-corrected chi connectivity index (χ3v) is 4.68. The summed E-state index contributed by atoms with van der Waals surface area (Å²) in [5.41, 5.74) is 3.49. The van der Waals surface area contributed by atoms with Crippen molar-refractivity contribution in [2.75, 3.05) is 0 Å². The maximum absolute atomic E-state index is 11.4. The topological polar surface area (TPSA) is 72.6 Å². The monoisotopic (exact) mass is 347 g/mol. The van der Waals surface area contributed by atoms with Crippen molar-refractivity contribution >= 4 is 5.69 Å². The van der Waals surface area contributed by atoms with Gasteiger partial charge in [-0.15, -0.1) is 0 Å². The van der Waals surface area contributed by atoms with E-state index in [-0.39, 0.29) is 11.4 Å². The van der Waals surface area contributed by atoms with Gasteiger partial charge in [0.25, 0.3) is 0 Å². The number of fused-ring (bicyclic) bond motifs is 1. The summed E-state index contributed by atoms with van der Waals surface area (Å²) in [6.07, 6.45) is 0.531. The second kappa shape index (κ2) is 6.61. The number of rotatable bonds is 4. The maximum Gasteiger partial charge on any atom is 0.311 e. The molecule has 1 unspecified atom stereocenters. The number of hydrogen-bond acceptors (Lipinski definition) is 4. The van der Waals surface area contributed by atoms with Gasteiger partial charge in [-0.1, -0.05) is 42.5 Å². The van der Waals surface area contributed by atoms with E-state index < -0.39 is 11.0 Å². The number of ether oxygens (including phenoxy) is 1. The average Bonchev–Trinajstić information content (AvgIpc) is 3.05. The van der Waals surface area contributed by atoms with E-state index in [4.69, 9.17) is 4.74 Å². The molecule has 26 heavy (non-hydrogen) atoms. The summed E-state index contributed by atoms with van der Waals surface area (Å²) in [6, 6.07) is 20.4. The van der Waals surface area contributed by atoms with Crippen LogP contribution in [0.25, 0.3) is 11.1 Å². The van der Waals surface area contributed by atoms with Gasteiger partial charge in [0.05, 0.1) is 11.0 Å². The van der Waals surface area contributed by atoms with Gasteiger partial charge in [-0.25, -0.2) is 0 Å². The molecule has 0 aliphatic heterocycles. The summed E-state index contributed by atoms with van der Waals surface area (Å²) < 4.78 is 5.90. The average molecular weight is 347 g/mol. The van der Waals surface area contributed by atoms with Gasteiger partial charge in [-0.2, -0.15) is 0 Å². The van der Waals surface area contributed by atoms with E-state index in [0.29, 0.717) is 24.2 Å². The van der Waals surface area contributed by atoms with Crippen LogP contribution in [0.4, 0.5) is 5.69 Å². The number of hydrogen-bond donors (Lipinski definition) is 1. The number of benzene rings is 3. The summed E-state index contributed by atoms with van der Waals surface area (Å²) in [5, 5.41) is 21.4. The molecule has 1 aliphatic carbocycles. The van der Waals surface area contributed by atoms with Gasteiger partial charge >= 0.3 is 5.69 Å². The van der Waals surface area contributed by atoms with E-state index in [2.05, 4.69) is 0 Å². The molecule has 0 aromatic heterocycles. The Balaban J connectivity index is 1.68. The van der Waals surface area contributed by atoms with Gasteiger partial charge in [0.2, 0.25) is 5.75 Å². The molecule has 3 aromatic rings. The highest BCUT2D eigenvalue weighted by atomic mass is 16.6. The normalized spacial score (nSPS) is 15.5. The van der Waals surface area contributed by atoms with Crippen molar-refractivity contribution in [3.8, 4) is 22.6 Å². The molecule has 1 aliphatic rings. The number of nitro groups is 1. The van der Waals surface area contributed by atoms with Crippen LogP contribution in [0.3, 0.4) is 0 Å². The van der Waals surface area contributed by atoms with Crippen molar-refractivity contribution in [2.24, 2.45) is 0 Å². The van der Waals surface area contributed by atoms with Gasteiger partial charge in [0.15, 0.2) is 0 Å². The van der Waals surface area contributed by atoms with Crippen molar-refractivity contribution < 1.29 is 14.8 Å². The minimum Gasteiger partial charge on any atom is -0.450 e. The molecular weight excluding hydrogens is 330 g/mol. The van der Waals surface area contributed by atoms with Crippen LogP contribution in [-0.4, -0.2) is 10.0 Å². The molecule has 0 radical (unpaired) electrons. The van der Waals surface area contributed by atoms with E-state index >= 15 is 0 Å². The largest absolute Gasteiger partial charge is 0.450 e. The first-order chi connectivity index (χ1) is 12.6. The van der Waals surface area contributed by atoms with Crippen molar-refractivity contribution in [3.63, 3.8) is 0 Å². The van der Waals surface area contributed by atoms with Crippen LogP contribution < -0.4 is 4.74 Å². The zero-order valence-corrected chi connectivity index (χ0v) is 14.0. The molecule has 0 saturated carbocycles. The molecule has 130 valence electrons. The van der Waals surface area contributed by atoms with Gasteiger partial charge in [0.1, 0.15) is 5.75 Å². The second-order valence-electron chi connectivity index (χ2n) is 6.29. The van der Waals surface area contributed by atoms with E-state index in [1.54, 1.807) is 18.2 Å². The summed E-state index contributed by atoms with van der Waals surface area (Å²) in [6.45, 7) is 0. The summed E-state index contributed by atoms with van der Waals surface area (Å²) in [5.74, 6) is 0.763. The van der Waals surface area contributed by atoms with Crippen molar-refractivity contribution in [1.82, 2.24) is 0 Å². The predicted molar refractivity (Wildman–Crippen MR) is 98.3 cm³/mol. The smallest absolute Gasteiger partial charge is 0.311 e. The van der Waals surface area contributed by atoms with E-state index in [1.807, 2.05) is 42.5 Å². The fraction of sp³-hybridized carbons (Fsp3) is 0.143. The second-order valence-corrected chi connectivity index (χ2v) is 6.29. The third kappa shape index (κ3) is 2.93. The zero-order valence-electron chi connectivity index (χ0n) is 14.0.